The standard InChI is InChI=1S/C16H12N4O5S/c1-9-10(4-2-7-13(9)20(23)24)16(22)25-8-14(21)17-11-5-3-6-12-15(11)19-26-18-12/h2-7H,8H2,1H3,(H,17,21). The van der Waals surface area contributed by atoms with Crippen molar-refractivity contribution in [2.24, 2.45) is 0 Å². The van der Waals surface area contributed by atoms with Crippen molar-refractivity contribution in [1.82, 2.24) is 8.75 Å². The second-order valence-corrected chi connectivity index (χ2v) is 5.80. The average molecular weight is 372 g/mol. The minimum Gasteiger partial charge on any atom is -0.452 e. The largest absolute Gasteiger partial charge is 0.452 e. The lowest BCUT2D eigenvalue weighted by molar-refractivity contribution is -0.385. The number of carbonyl (C=O) groups is 2. The number of nitrogens with zero attached hydrogens (tertiary/aromatic N) is 3. The Bertz CT molecular complexity index is 1020. The summed E-state index contributed by atoms with van der Waals surface area (Å²) in [6.45, 7) is 0.916. The van der Waals surface area contributed by atoms with E-state index < -0.39 is 23.4 Å². The van der Waals surface area contributed by atoms with E-state index in [1.54, 1.807) is 18.2 Å². The van der Waals surface area contributed by atoms with Gasteiger partial charge in [-0.05, 0) is 25.1 Å². The van der Waals surface area contributed by atoms with E-state index in [-0.39, 0.29) is 16.8 Å². The molecule has 0 spiro atoms. The van der Waals surface area contributed by atoms with E-state index in [2.05, 4.69) is 14.1 Å². The summed E-state index contributed by atoms with van der Waals surface area (Å²) in [6, 6.07) is 9.23. The van der Waals surface area contributed by atoms with E-state index in [1.807, 2.05) is 0 Å². The zero-order chi connectivity index (χ0) is 18.7. The number of hydrogen-bond donors (Lipinski definition) is 1. The van der Waals surface area contributed by atoms with Crippen molar-refractivity contribution in [3.05, 3.63) is 57.6 Å². The van der Waals surface area contributed by atoms with Crippen LogP contribution in [0.4, 0.5) is 11.4 Å². The Kier molecular flexibility index (Phi) is 4.85. The quantitative estimate of drug-likeness (QED) is 0.415. The summed E-state index contributed by atoms with van der Waals surface area (Å²) < 4.78 is 13.1. The summed E-state index contributed by atoms with van der Waals surface area (Å²) in [5.41, 5.74) is 1.69. The van der Waals surface area contributed by atoms with Crippen LogP contribution >= 0.6 is 11.7 Å². The number of nitro benzene ring substituents is 1. The molecular formula is C16H12N4O5S. The van der Waals surface area contributed by atoms with Gasteiger partial charge in [-0.2, -0.15) is 8.75 Å². The van der Waals surface area contributed by atoms with Crippen LogP contribution in [0.5, 0.6) is 0 Å². The lowest BCUT2D eigenvalue weighted by atomic mass is 10.1. The van der Waals surface area contributed by atoms with Gasteiger partial charge in [-0.1, -0.05) is 12.1 Å². The maximum Gasteiger partial charge on any atom is 0.339 e. The topological polar surface area (TPSA) is 124 Å². The van der Waals surface area contributed by atoms with Crippen LogP contribution < -0.4 is 5.32 Å². The van der Waals surface area contributed by atoms with Crippen LogP contribution in [-0.2, 0) is 9.53 Å². The number of hydrogen-bond acceptors (Lipinski definition) is 8. The first-order valence-electron chi connectivity index (χ1n) is 7.39. The fourth-order valence-electron chi connectivity index (χ4n) is 2.34. The van der Waals surface area contributed by atoms with Crippen LogP contribution in [0.2, 0.25) is 0 Å². The Labute approximate surface area is 151 Å². The molecule has 3 aromatic rings. The lowest BCUT2D eigenvalue weighted by Crippen LogP contribution is -2.21. The molecule has 10 heteroatoms. The van der Waals surface area contributed by atoms with Gasteiger partial charge in [0.05, 0.1) is 27.9 Å². The monoisotopic (exact) mass is 372 g/mol. The van der Waals surface area contributed by atoms with Crippen molar-refractivity contribution in [3.8, 4) is 0 Å². The van der Waals surface area contributed by atoms with Gasteiger partial charge in [-0.25, -0.2) is 4.79 Å². The number of nitrogens with one attached hydrogen (secondary N) is 1. The number of nitro groups is 1. The van der Waals surface area contributed by atoms with Crippen molar-refractivity contribution >= 4 is 46.0 Å². The van der Waals surface area contributed by atoms with Gasteiger partial charge >= 0.3 is 5.97 Å². The molecule has 0 bridgehead atoms. The van der Waals surface area contributed by atoms with Crippen LogP contribution in [0.3, 0.4) is 0 Å². The minimum atomic E-state index is -0.810. The van der Waals surface area contributed by atoms with Gasteiger partial charge in [0.2, 0.25) is 0 Å². The molecule has 1 heterocycles. The molecule has 1 aromatic heterocycles. The molecule has 0 fully saturated rings. The third-order valence-electron chi connectivity index (χ3n) is 3.62. The first kappa shape index (κ1) is 17.4. The Morgan fingerprint density at radius 1 is 1.23 bits per heavy atom. The molecule has 132 valence electrons. The molecule has 3 rings (SSSR count). The molecule has 0 aliphatic heterocycles. The summed E-state index contributed by atoms with van der Waals surface area (Å²) in [6.07, 6.45) is 0. The highest BCUT2D eigenvalue weighted by Crippen LogP contribution is 2.22. The summed E-state index contributed by atoms with van der Waals surface area (Å²) >= 11 is 1.02. The van der Waals surface area contributed by atoms with E-state index in [0.717, 1.165) is 11.7 Å². The molecular weight excluding hydrogens is 360 g/mol. The second kappa shape index (κ2) is 7.23. The minimum absolute atomic E-state index is 0.0396. The zero-order valence-corrected chi connectivity index (χ0v) is 14.3. The fourth-order valence-corrected chi connectivity index (χ4v) is 2.89. The lowest BCUT2D eigenvalue weighted by Gasteiger charge is -2.08. The van der Waals surface area contributed by atoms with Crippen LogP contribution in [0.25, 0.3) is 11.0 Å². The number of carbonyl (C=O) groups excluding carboxylic acids is 2. The number of anilines is 1. The zero-order valence-electron chi connectivity index (χ0n) is 13.5. The van der Waals surface area contributed by atoms with Gasteiger partial charge in [-0.15, -0.1) is 0 Å². The van der Waals surface area contributed by atoms with Crippen molar-refractivity contribution < 1.29 is 19.2 Å². The third-order valence-corrected chi connectivity index (χ3v) is 4.16. The SMILES string of the molecule is Cc1c(C(=O)OCC(=O)Nc2cccc3nsnc23)cccc1[N+](=O)[O-]. The van der Waals surface area contributed by atoms with E-state index in [4.69, 9.17) is 4.74 Å². The van der Waals surface area contributed by atoms with Crippen LogP contribution in [0.15, 0.2) is 36.4 Å². The normalized spacial score (nSPS) is 10.5. The fraction of sp³-hybridized carbons (Fsp3) is 0.125. The van der Waals surface area contributed by atoms with Crippen molar-refractivity contribution in [1.29, 1.82) is 0 Å². The predicted molar refractivity (Wildman–Crippen MR) is 94.2 cm³/mol. The molecule has 0 atom stereocenters. The summed E-state index contributed by atoms with van der Waals surface area (Å²) in [4.78, 5) is 34.5. The first-order chi connectivity index (χ1) is 12.5. The highest BCUT2D eigenvalue weighted by Gasteiger charge is 2.20. The van der Waals surface area contributed by atoms with Gasteiger partial charge in [0, 0.05) is 11.6 Å². The average Bonchev–Trinajstić information content (AvgIpc) is 3.09. The van der Waals surface area contributed by atoms with Gasteiger partial charge < -0.3 is 10.1 Å². The highest BCUT2D eigenvalue weighted by molar-refractivity contribution is 7.00. The van der Waals surface area contributed by atoms with Crippen LogP contribution in [0.1, 0.15) is 15.9 Å². The van der Waals surface area contributed by atoms with Crippen LogP contribution in [-0.4, -0.2) is 32.2 Å². The maximum atomic E-state index is 12.1. The number of esters is 1. The number of ether oxygens (including phenoxy) is 1. The smallest absolute Gasteiger partial charge is 0.339 e. The van der Waals surface area contributed by atoms with Crippen molar-refractivity contribution in [3.63, 3.8) is 0 Å². The van der Waals surface area contributed by atoms with E-state index >= 15 is 0 Å². The Morgan fingerprint density at radius 3 is 2.77 bits per heavy atom. The predicted octanol–water partition coefficient (Wildman–Crippen LogP) is 2.70. The molecule has 2 aromatic carbocycles. The number of benzene rings is 2. The number of fused-ring (bicyclic) bond motifs is 1. The summed E-state index contributed by atoms with van der Waals surface area (Å²) in [5, 5.41) is 13.5. The van der Waals surface area contributed by atoms with Crippen molar-refractivity contribution in [2.75, 3.05) is 11.9 Å². The second-order valence-electron chi connectivity index (χ2n) is 5.27. The number of rotatable bonds is 5. The maximum absolute atomic E-state index is 12.1. The summed E-state index contributed by atoms with van der Waals surface area (Å²) in [7, 11) is 0. The van der Waals surface area contributed by atoms with Gasteiger partial charge in [0.15, 0.2) is 6.61 Å². The molecule has 1 N–H and O–H groups in total. The first-order valence-corrected chi connectivity index (χ1v) is 8.12. The molecule has 0 unspecified atom stereocenters. The Balaban J connectivity index is 1.66. The van der Waals surface area contributed by atoms with E-state index in [0.29, 0.717) is 16.7 Å². The van der Waals surface area contributed by atoms with Gasteiger partial charge in [0.1, 0.15) is 11.0 Å². The molecule has 0 aliphatic rings. The van der Waals surface area contributed by atoms with Gasteiger partial charge in [-0.3, -0.25) is 14.9 Å². The molecule has 0 radical (unpaired) electrons. The van der Waals surface area contributed by atoms with E-state index in [1.165, 1.54) is 25.1 Å². The molecule has 0 aliphatic carbocycles. The van der Waals surface area contributed by atoms with Gasteiger partial charge in [0.25, 0.3) is 11.6 Å². The number of amides is 1. The van der Waals surface area contributed by atoms with Crippen molar-refractivity contribution in [2.45, 2.75) is 6.92 Å². The van der Waals surface area contributed by atoms with Crippen LogP contribution in [0, 0.1) is 17.0 Å². The molecule has 9 nitrogen and oxygen atoms in total. The van der Waals surface area contributed by atoms with E-state index in [9.17, 15) is 19.7 Å². The Hall–Kier alpha value is -3.40. The highest BCUT2D eigenvalue weighted by atomic mass is 32.1. The Morgan fingerprint density at radius 2 is 2.00 bits per heavy atom. The summed E-state index contributed by atoms with van der Waals surface area (Å²) in [5.74, 6) is -1.36. The molecule has 26 heavy (non-hydrogen) atoms. The number of aromatic nitrogens is 2. The molecule has 1 amide bonds. The molecule has 0 saturated heterocycles. The third kappa shape index (κ3) is 3.49. The molecule has 0 saturated carbocycles.